The van der Waals surface area contributed by atoms with Gasteiger partial charge in [-0.25, -0.2) is 0 Å². The van der Waals surface area contributed by atoms with Gasteiger partial charge in [-0.05, 0) is 50.9 Å². The fourth-order valence-corrected chi connectivity index (χ4v) is 2.86. The van der Waals surface area contributed by atoms with E-state index < -0.39 is 0 Å². The lowest BCUT2D eigenvalue weighted by Crippen LogP contribution is -2.37. The van der Waals surface area contributed by atoms with Crippen LogP contribution in [-0.4, -0.2) is 48.5 Å². The van der Waals surface area contributed by atoms with Crippen LogP contribution in [0.1, 0.15) is 37.5 Å². The fourth-order valence-electron chi connectivity index (χ4n) is 2.86. The van der Waals surface area contributed by atoms with Gasteiger partial charge in [0, 0.05) is 13.1 Å². The average Bonchev–Trinajstić information content (AvgIpc) is 2.94. The van der Waals surface area contributed by atoms with Crippen molar-refractivity contribution in [3.05, 3.63) is 24.2 Å². The van der Waals surface area contributed by atoms with Crippen molar-refractivity contribution < 1.29 is 4.42 Å². The molecule has 2 N–H and O–H groups in total. The molecule has 2 aliphatic rings. The Morgan fingerprint density at radius 3 is 2.85 bits per heavy atom. The Kier molecular flexibility index (Phi) is 3.96. The van der Waals surface area contributed by atoms with Crippen LogP contribution in [0.4, 0.5) is 0 Å². The first-order valence-electron chi connectivity index (χ1n) is 7.56. The second-order valence-corrected chi connectivity index (χ2v) is 5.82. The van der Waals surface area contributed by atoms with Crippen molar-refractivity contribution in [3.8, 4) is 0 Å². The minimum Gasteiger partial charge on any atom is -0.468 e. The molecule has 0 amide bonds. The Morgan fingerprint density at radius 2 is 2.25 bits per heavy atom. The number of guanidine groups is 1. The summed E-state index contributed by atoms with van der Waals surface area (Å²) in [7, 11) is 2.04. The van der Waals surface area contributed by atoms with E-state index >= 15 is 0 Å². The fraction of sp³-hybridized carbons (Fsp3) is 0.667. The molecule has 1 saturated heterocycles. The smallest absolute Gasteiger partial charge is 0.191 e. The van der Waals surface area contributed by atoms with Crippen LogP contribution >= 0.6 is 0 Å². The molecule has 0 aromatic carbocycles. The topological polar surface area (TPSA) is 58.0 Å². The molecule has 1 atom stereocenters. The number of aliphatic imine (C=N–C) groups is 1. The van der Waals surface area contributed by atoms with E-state index in [1.807, 2.05) is 19.2 Å². The third-order valence-corrected chi connectivity index (χ3v) is 4.34. The minimum absolute atomic E-state index is 0.221. The molecule has 20 heavy (non-hydrogen) atoms. The van der Waals surface area contributed by atoms with E-state index in [4.69, 9.17) is 10.2 Å². The highest BCUT2D eigenvalue weighted by Gasteiger charge is 2.28. The maximum atomic E-state index is 6.09. The molecule has 0 radical (unpaired) electrons. The number of hydrogen-bond acceptors (Lipinski definition) is 3. The quantitative estimate of drug-likeness (QED) is 0.658. The van der Waals surface area contributed by atoms with E-state index in [9.17, 15) is 0 Å². The molecule has 3 rings (SSSR count). The Morgan fingerprint density at radius 1 is 1.50 bits per heavy atom. The van der Waals surface area contributed by atoms with Crippen molar-refractivity contribution in [1.82, 2.24) is 9.80 Å². The summed E-state index contributed by atoms with van der Waals surface area (Å²) in [5.74, 6) is 1.65. The summed E-state index contributed by atoms with van der Waals surface area (Å²) < 4.78 is 5.60. The predicted molar refractivity (Wildman–Crippen MR) is 79.5 cm³/mol. The van der Waals surface area contributed by atoms with Gasteiger partial charge in [0.05, 0.1) is 18.8 Å². The van der Waals surface area contributed by atoms with Gasteiger partial charge in [-0.2, -0.15) is 0 Å². The number of nitrogens with zero attached hydrogens (tertiary/aromatic N) is 3. The van der Waals surface area contributed by atoms with Crippen LogP contribution in [0.15, 0.2) is 27.8 Å². The van der Waals surface area contributed by atoms with Crippen molar-refractivity contribution >= 4 is 5.96 Å². The van der Waals surface area contributed by atoms with Crippen molar-refractivity contribution in [2.24, 2.45) is 10.7 Å². The number of furan rings is 1. The summed E-state index contributed by atoms with van der Waals surface area (Å²) in [6.07, 6.45) is 6.74. The molecule has 1 saturated carbocycles. The van der Waals surface area contributed by atoms with Gasteiger partial charge in [-0.15, -0.1) is 0 Å². The van der Waals surface area contributed by atoms with Gasteiger partial charge in [-0.3, -0.25) is 9.89 Å². The molecule has 2 heterocycles. The zero-order chi connectivity index (χ0) is 13.9. The van der Waals surface area contributed by atoms with Crippen LogP contribution in [0.5, 0.6) is 0 Å². The molecule has 0 spiro atoms. The van der Waals surface area contributed by atoms with Crippen LogP contribution in [-0.2, 0) is 0 Å². The van der Waals surface area contributed by atoms with Crippen molar-refractivity contribution in [3.63, 3.8) is 0 Å². The van der Waals surface area contributed by atoms with Gasteiger partial charge >= 0.3 is 0 Å². The SMILES string of the molecule is CN(C(N)=NCC(c1ccco1)N1CCCC1)C1CC1. The summed E-state index contributed by atoms with van der Waals surface area (Å²) in [6.45, 7) is 2.93. The van der Waals surface area contributed by atoms with Crippen LogP contribution in [0.2, 0.25) is 0 Å². The standard InChI is InChI=1S/C15H24N4O/c1-18(12-6-7-12)15(16)17-11-13(14-5-4-10-20-14)19-8-2-3-9-19/h4-5,10,12-13H,2-3,6-9,11H2,1H3,(H2,16,17). The molecule has 1 unspecified atom stereocenters. The number of hydrogen-bond donors (Lipinski definition) is 1. The summed E-state index contributed by atoms with van der Waals surface area (Å²) in [5.41, 5.74) is 6.09. The number of rotatable bonds is 5. The van der Waals surface area contributed by atoms with E-state index in [0.717, 1.165) is 18.8 Å². The highest BCUT2D eigenvalue weighted by Crippen LogP contribution is 2.27. The van der Waals surface area contributed by atoms with E-state index in [2.05, 4.69) is 14.8 Å². The van der Waals surface area contributed by atoms with Gasteiger partial charge in [0.1, 0.15) is 5.76 Å². The number of nitrogens with two attached hydrogens (primary N) is 1. The highest BCUT2D eigenvalue weighted by atomic mass is 16.3. The number of likely N-dealkylation sites (tertiary alicyclic amines) is 1. The van der Waals surface area contributed by atoms with Crippen LogP contribution < -0.4 is 5.73 Å². The van der Waals surface area contributed by atoms with Gasteiger partial charge in [0.2, 0.25) is 0 Å². The summed E-state index contributed by atoms with van der Waals surface area (Å²) >= 11 is 0. The molecular formula is C15H24N4O. The van der Waals surface area contributed by atoms with Crippen LogP contribution in [0.3, 0.4) is 0 Å². The summed E-state index contributed by atoms with van der Waals surface area (Å²) in [6, 6.07) is 4.81. The normalized spacial score (nSPS) is 22.1. The lowest BCUT2D eigenvalue weighted by Gasteiger charge is -2.25. The molecule has 0 bridgehead atoms. The molecule has 1 aromatic heterocycles. The third kappa shape index (κ3) is 2.98. The van der Waals surface area contributed by atoms with Crippen molar-refractivity contribution in [2.75, 3.05) is 26.7 Å². The second-order valence-electron chi connectivity index (χ2n) is 5.82. The highest BCUT2D eigenvalue weighted by molar-refractivity contribution is 5.78. The van der Waals surface area contributed by atoms with E-state index in [0.29, 0.717) is 18.5 Å². The first-order valence-corrected chi connectivity index (χ1v) is 7.56. The first-order chi connectivity index (χ1) is 9.75. The van der Waals surface area contributed by atoms with Gasteiger partial charge in [0.25, 0.3) is 0 Å². The van der Waals surface area contributed by atoms with E-state index in [1.54, 1.807) is 6.26 Å². The minimum atomic E-state index is 0.221. The monoisotopic (exact) mass is 276 g/mol. The Balaban J connectivity index is 1.68. The maximum Gasteiger partial charge on any atom is 0.191 e. The molecule has 1 aliphatic carbocycles. The molecule has 1 aromatic rings. The molecule has 5 heteroatoms. The van der Waals surface area contributed by atoms with Crippen molar-refractivity contribution in [1.29, 1.82) is 0 Å². The summed E-state index contributed by atoms with van der Waals surface area (Å²) in [4.78, 5) is 9.16. The molecule has 5 nitrogen and oxygen atoms in total. The third-order valence-electron chi connectivity index (χ3n) is 4.34. The van der Waals surface area contributed by atoms with Gasteiger partial charge in [-0.1, -0.05) is 0 Å². The largest absolute Gasteiger partial charge is 0.468 e. The molecule has 110 valence electrons. The van der Waals surface area contributed by atoms with E-state index in [-0.39, 0.29) is 6.04 Å². The molecule has 2 fully saturated rings. The maximum absolute atomic E-state index is 6.09. The Labute approximate surface area is 120 Å². The zero-order valence-corrected chi connectivity index (χ0v) is 12.2. The predicted octanol–water partition coefficient (Wildman–Crippen LogP) is 1.83. The van der Waals surface area contributed by atoms with Gasteiger partial charge < -0.3 is 15.1 Å². The summed E-state index contributed by atoms with van der Waals surface area (Å²) in [5, 5.41) is 0. The zero-order valence-electron chi connectivity index (χ0n) is 12.2. The Bertz CT molecular complexity index is 446. The molecule has 1 aliphatic heterocycles. The van der Waals surface area contributed by atoms with Crippen molar-refractivity contribution in [2.45, 2.75) is 37.8 Å². The van der Waals surface area contributed by atoms with E-state index in [1.165, 1.54) is 25.7 Å². The van der Waals surface area contributed by atoms with Crippen LogP contribution in [0.25, 0.3) is 0 Å². The lowest BCUT2D eigenvalue weighted by atomic mass is 10.2. The first kappa shape index (κ1) is 13.5. The average molecular weight is 276 g/mol. The van der Waals surface area contributed by atoms with Crippen LogP contribution in [0, 0.1) is 0 Å². The molecular weight excluding hydrogens is 252 g/mol. The van der Waals surface area contributed by atoms with Gasteiger partial charge in [0.15, 0.2) is 5.96 Å². The Hall–Kier alpha value is -1.49. The lowest BCUT2D eigenvalue weighted by molar-refractivity contribution is 0.220. The second kappa shape index (κ2) is 5.87.